The molecule has 0 bridgehead atoms. The van der Waals surface area contributed by atoms with Gasteiger partial charge in [-0.3, -0.25) is 4.72 Å². The average molecular weight is 311 g/mol. The van der Waals surface area contributed by atoms with Gasteiger partial charge in [0.05, 0.1) is 16.5 Å². The van der Waals surface area contributed by atoms with Crippen LogP contribution in [0.15, 0.2) is 18.2 Å². The molecular weight excluding hydrogens is 295 g/mol. The zero-order chi connectivity index (χ0) is 13.8. The molecule has 0 heterocycles. The first-order valence-corrected chi connectivity index (χ1v) is 7.90. The molecule has 2 N–H and O–H groups in total. The molecule has 1 rings (SSSR count). The van der Waals surface area contributed by atoms with Crippen molar-refractivity contribution >= 4 is 38.9 Å². The van der Waals surface area contributed by atoms with E-state index in [1.807, 2.05) is 13.8 Å². The molecule has 102 valence electrons. The van der Waals surface area contributed by atoms with E-state index in [9.17, 15) is 8.42 Å². The van der Waals surface area contributed by atoms with Gasteiger partial charge in [-0.2, -0.15) is 0 Å². The minimum absolute atomic E-state index is 0.00979. The zero-order valence-corrected chi connectivity index (χ0v) is 12.5. The molecule has 4 nitrogen and oxygen atoms in total. The van der Waals surface area contributed by atoms with Crippen LogP contribution in [0.3, 0.4) is 0 Å². The van der Waals surface area contributed by atoms with Gasteiger partial charge in [0.25, 0.3) is 0 Å². The molecule has 0 unspecified atom stereocenters. The minimum atomic E-state index is -3.41. The van der Waals surface area contributed by atoms with Gasteiger partial charge >= 0.3 is 0 Å². The van der Waals surface area contributed by atoms with Crippen LogP contribution in [-0.4, -0.2) is 26.8 Å². The van der Waals surface area contributed by atoms with Crippen molar-refractivity contribution in [1.82, 2.24) is 5.32 Å². The van der Waals surface area contributed by atoms with Gasteiger partial charge in [-0.1, -0.05) is 37.0 Å². The largest absolute Gasteiger partial charge is 0.313 e. The first-order chi connectivity index (χ1) is 8.30. The van der Waals surface area contributed by atoms with Crippen molar-refractivity contribution in [2.75, 3.05) is 17.0 Å². The number of nitrogens with one attached hydrogen (secondary N) is 2. The lowest BCUT2D eigenvalue weighted by atomic mass is 10.3. The molecule has 0 aliphatic rings. The first kappa shape index (κ1) is 15.6. The summed E-state index contributed by atoms with van der Waals surface area (Å²) in [7, 11) is -3.41. The van der Waals surface area contributed by atoms with Gasteiger partial charge in [0.15, 0.2) is 0 Å². The molecule has 0 amide bonds. The van der Waals surface area contributed by atoms with Crippen LogP contribution in [0.5, 0.6) is 0 Å². The number of rotatable bonds is 6. The highest BCUT2D eigenvalue weighted by Crippen LogP contribution is 2.26. The molecule has 1 aromatic carbocycles. The van der Waals surface area contributed by atoms with Crippen LogP contribution in [0.25, 0.3) is 0 Å². The summed E-state index contributed by atoms with van der Waals surface area (Å²) in [5, 5.41) is 3.78. The number of hydrogen-bond donors (Lipinski definition) is 2. The lowest BCUT2D eigenvalue weighted by Crippen LogP contribution is -2.30. The van der Waals surface area contributed by atoms with Crippen molar-refractivity contribution in [3.05, 3.63) is 28.2 Å². The minimum Gasteiger partial charge on any atom is -0.313 e. The van der Waals surface area contributed by atoms with E-state index in [1.54, 1.807) is 6.07 Å². The predicted molar refractivity (Wildman–Crippen MR) is 77.0 cm³/mol. The second-order valence-corrected chi connectivity index (χ2v) is 6.84. The predicted octanol–water partition coefficient (Wildman–Crippen LogP) is 2.73. The Kier molecular flexibility index (Phi) is 5.72. The second-order valence-electron chi connectivity index (χ2n) is 4.15. The van der Waals surface area contributed by atoms with E-state index in [0.717, 1.165) is 0 Å². The van der Waals surface area contributed by atoms with Gasteiger partial charge in [0.2, 0.25) is 10.0 Å². The van der Waals surface area contributed by atoms with Crippen molar-refractivity contribution in [3.8, 4) is 0 Å². The SMILES string of the molecule is CC(C)NCCS(=O)(=O)Nc1ccc(Cl)cc1Cl. The van der Waals surface area contributed by atoms with Crippen molar-refractivity contribution < 1.29 is 8.42 Å². The topological polar surface area (TPSA) is 58.2 Å². The maximum Gasteiger partial charge on any atom is 0.234 e. The summed E-state index contributed by atoms with van der Waals surface area (Å²) in [5.41, 5.74) is 0.339. The van der Waals surface area contributed by atoms with E-state index in [1.165, 1.54) is 12.1 Å². The summed E-state index contributed by atoms with van der Waals surface area (Å²) >= 11 is 11.6. The van der Waals surface area contributed by atoms with Crippen LogP contribution >= 0.6 is 23.2 Å². The van der Waals surface area contributed by atoms with Gasteiger partial charge in [-0.05, 0) is 18.2 Å². The third-order valence-corrected chi connectivity index (χ3v) is 3.94. The molecule has 0 saturated carbocycles. The molecule has 0 spiro atoms. The lowest BCUT2D eigenvalue weighted by Gasteiger charge is -2.11. The third-order valence-electron chi connectivity index (χ3n) is 2.12. The molecule has 0 aromatic heterocycles. The van der Waals surface area contributed by atoms with E-state index < -0.39 is 10.0 Å². The van der Waals surface area contributed by atoms with Crippen LogP contribution in [0.4, 0.5) is 5.69 Å². The van der Waals surface area contributed by atoms with E-state index in [2.05, 4.69) is 10.0 Å². The molecule has 0 radical (unpaired) electrons. The number of halogens is 2. The summed E-state index contributed by atoms with van der Waals surface area (Å²) in [4.78, 5) is 0. The highest BCUT2D eigenvalue weighted by atomic mass is 35.5. The van der Waals surface area contributed by atoms with Gasteiger partial charge in [-0.25, -0.2) is 8.42 Å². The molecule has 0 aliphatic carbocycles. The molecule has 0 fully saturated rings. The quantitative estimate of drug-likeness (QED) is 0.849. The van der Waals surface area contributed by atoms with Gasteiger partial charge in [-0.15, -0.1) is 0 Å². The number of anilines is 1. The van der Waals surface area contributed by atoms with Crippen LogP contribution in [0, 0.1) is 0 Å². The summed E-state index contributed by atoms with van der Waals surface area (Å²) in [6.07, 6.45) is 0. The fourth-order valence-electron chi connectivity index (χ4n) is 1.27. The Morgan fingerprint density at radius 1 is 1.28 bits per heavy atom. The van der Waals surface area contributed by atoms with Crippen LogP contribution in [-0.2, 0) is 10.0 Å². The Balaban J connectivity index is 2.65. The summed E-state index contributed by atoms with van der Waals surface area (Å²) < 4.78 is 26.0. The van der Waals surface area contributed by atoms with Crippen LogP contribution < -0.4 is 10.0 Å². The Hall–Kier alpha value is -0.490. The smallest absolute Gasteiger partial charge is 0.234 e. The summed E-state index contributed by atoms with van der Waals surface area (Å²) in [6, 6.07) is 4.86. The van der Waals surface area contributed by atoms with E-state index in [-0.39, 0.29) is 16.8 Å². The van der Waals surface area contributed by atoms with E-state index in [4.69, 9.17) is 23.2 Å². The number of hydrogen-bond acceptors (Lipinski definition) is 3. The van der Waals surface area contributed by atoms with Gasteiger partial charge in [0.1, 0.15) is 0 Å². The van der Waals surface area contributed by atoms with Gasteiger partial charge < -0.3 is 5.32 Å². The van der Waals surface area contributed by atoms with E-state index in [0.29, 0.717) is 17.3 Å². The molecule has 0 aliphatic heterocycles. The summed E-state index contributed by atoms with van der Waals surface area (Å²) in [5.74, 6) is -0.00979. The van der Waals surface area contributed by atoms with Crippen molar-refractivity contribution in [2.24, 2.45) is 0 Å². The van der Waals surface area contributed by atoms with Crippen molar-refractivity contribution in [2.45, 2.75) is 19.9 Å². The normalized spacial score (nSPS) is 11.8. The Labute approximate surface area is 118 Å². The van der Waals surface area contributed by atoms with E-state index >= 15 is 0 Å². The zero-order valence-electron chi connectivity index (χ0n) is 10.2. The van der Waals surface area contributed by atoms with Crippen LogP contribution in [0.1, 0.15) is 13.8 Å². The molecule has 0 saturated heterocycles. The molecule has 1 aromatic rings. The molecule has 0 atom stereocenters. The van der Waals surface area contributed by atoms with Crippen molar-refractivity contribution in [1.29, 1.82) is 0 Å². The standard InChI is InChI=1S/C11H16Cl2N2O2S/c1-8(2)14-5-6-18(16,17)15-11-4-3-9(12)7-10(11)13/h3-4,7-8,14-15H,5-6H2,1-2H3. The van der Waals surface area contributed by atoms with Crippen LogP contribution in [0.2, 0.25) is 10.0 Å². The third kappa shape index (κ3) is 5.44. The molecule has 18 heavy (non-hydrogen) atoms. The maximum absolute atomic E-state index is 11.8. The number of sulfonamides is 1. The maximum atomic E-state index is 11.8. The fraction of sp³-hybridized carbons (Fsp3) is 0.455. The molecule has 7 heteroatoms. The Morgan fingerprint density at radius 3 is 2.50 bits per heavy atom. The van der Waals surface area contributed by atoms with Gasteiger partial charge in [0, 0.05) is 17.6 Å². The Morgan fingerprint density at radius 2 is 1.94 bits per heavy atom. The molecular formula is C11H16Cl2N2O2S. The number of benzene rings is 1. The highest BCUT2D eigenvalue weighted by molar-refractivity contribution is 7.92. The monoisotopic (exact) mass is 310 g/mol. The average Bonchev–Trinajstić information content (AvgIpc) is 2.21. The fourth-order valence-corrected chi connectivity index (χ4v) is 2.79. The Bertz CT molecular complexity index is 504. The summed E-state index contributed by atoms with van der Waals surface area (Å²) in [6.45, 7) is 4.30. The first-order valence-electron chi connectivity index (χ1n) is 5.49. The van der Waals surface area contributed by atoms with Crippen molar-refractivity contribution in [3.63, 3.8) is 0 Å². The lowest BCUT2D eigenvalue weighted by molar-refractivity contribution is 0.582. The highest BCUT2D eigenvalue weighted by Gasteiger charge is 2.12. The second kappa shape index (κ2) is 6.61.